The summed E-state index contributed by atoms with van der Waals surface area (Å²) in [5, 5.41) is 10.5. The van der Waals surface area contributed by atoms with Crippen LogP contribution < -0.4 is 0 Å². The second-order valence-electron chi connectivity index (χ2n) is 6.06. The van der Waals surface area contributed by atoms with Gasteiger partial charge in [-0.3, -0.25) is 4.79 Å². The maximum absolute atomic E-state index is 11.5. The lowest BCUT2D eigenvalue weighted by Crippen LogP contribution is -2.29. The number of hydrogen-bond acceptors (Lipinski definition) is 4. The number of esters is 1. The molecule has 0 heterocycles. The van der Waals surface area contributed by atoms with Crippen molar-refractivity contribution in [1.29, 1.82) is 0 Å². The fraction of sp³-hybridized carbons (Fsp3) is 0.632. The summed E-state index contributed by atoms with van der Waals surface area (Å²) in [5.41, 5.74) is 3.29. The molecule has 0 fully saturated rings. The van der Waals surface area contributed by atoms with Crippen molar-refractivity contribution in [2.24, 2.45) is 0 Å². The zero-order valence-electron chi connectivity index (χ0n) is 15.0. The molecule has 4 heteroatoms. The van der Waals surface area contributed by atoms with Crippen LogP contribution >= 0.6 is 0 Å². The first-order chi connectivity index (χ1) is 11.0. The number of aliphatic hydroxyl groups excluding tert-OH is 1. The van der Waals surface area contributed by atoms with Crippen molar-refractivity contribution >= 4 is 5.97 Å². The molecule has 23 heavy (non-hydrogen) atoms. The monoisotopic (exact) mass is 321 g/mol. The highest BCUT2D eigenvalue weighted by atomic mass is 16.5. The molecule has 130 valence electrons. The zero-order chi connectivity index (χ0) is 17.2. The van der Waals surface area contributed by atoms with Crippen molar-refractivity contribution in [1.82, 2.24) is 4.90 Å². The molecular formula is C19H31NO3. The summed E-state index contributed by atoms with van der Waals surface area (Å²) in [7, 11) is 0. The Hall–Kier alpha value is -1.39. The van der Waals surface area contributed by atoms with Crippen molar-refractivity contribution in [3.05, 3.63) is 34.9 Å². The Bertz CT molecular complexity index is 488. The molecule has 1 unspecified atom stereocenters. The highest BCUT2D eigenvalue weighted by Gasteiger charge is 2.14. The van der Waals surface area contributed by atoms with Crippen molar-refractivity contribution in [2.45, 2.75) is 53.1 Å². The maximum atomic E-state index is 11.5. The summed E-state index contributed by atoms with van der Waals surface area (Å²) in [5.74, 6) is -0.149. The van der Waals surface area contributed by atoms with Crippen LogP contribution in [0.1, 0.15) is 55.9 Å². The van der Waals surface area contributed by atoms with Crippen LogP contribution in [0.25, 0.3) is 0 Å². The van der Waals surface area contributed by atoms with E-state index < -0.39 is 6.10 Å². The van der Waals surface area contributed by atoms with Crippen molar-refractivity contribution in [3.63, 3.8) is 0 Å². The number of aliphatic hydroxyl groups is 1. The van der Waals surface area contributed by atoms with E-state index in [1.54, 1.807) is 0 Å². The molecule has 0 saturated heterocycles. The van der Waals surface area contributed by atoms with Gasteiger partial charge in [0, 0.05) is 13.1 Å². The van der Waals surface area contributed by atoms with Crippen LogP contribution in [0.2, 0.25) is 0 Å². The molecule has 1 aromatic carbocycles. The molecule has 0 aliphatic rings. The summed E-state index contributed by atoms with van der Waals surface area (Å²) in [6, 6.07) is 6.18. The van der Waals surface area contributed by atoms with E-state index in [4.69, 9.17) is 4.74 Å². The van der Waals surface area contributed by atoms with Crippen LogP contribution in [-0.2, 0) is 9.53 Å². The Balaban J connectivity index is 2.53. The van der Waals surface area contributed by atoms with Crippen LogP contribution in [0.5, 0.6) is 0 Å². The molecule has 0 radical (unpaired) electrons. The first-order valence-electron chi connectivity index (χ1n) is 8.61. The topological polar surface area (TPSA) is 49.8 Å². The normalized spacial score (nSPS) is 12.4. The Labute approximate surface area is 140 Å². The molecule has 1 atom stereocenters. The molecule has 0 aromatic heterocycles. The minimum absolute atomic E-state index is 0.149. The Morgan fingerprint density at radius 1 is 1.22 bits per heavy atom. The number of rotatable bonds is 10. The van der Waals surface area contributed by atoms with Gasteiger partial charge in [-0.15, -0.1) is 0 Å². The first-order valence-corrected chi connectivity index (χ1v) is 8.61. The zero-order valence-corrected chi connectivity index (χ0v) is 15.0. The predicted molar refractivity (Wildman–Crippen MR) is 93.5 cm³/mol. The van der Waals surface area contributed by atoms with Crippen LogP contribution in [0.4, 0.5) is 0 Å². The lowest BCUT2D eigenvalue weighted by molar-refractivity contribution is -0.143. The Morgan fingerprint density at radius 2 is 1.96 bits per heavy atom. The van der Waals surface area contributed by atoms with Gasteiger partial charge >= 0.3 is 5.97 Å². The number of benzene rings is 1. The second-order valence-corrected chi connectivity index (χ2v) is 6.06. The van der Waals surface area contributed by atoms with E-state index in [0.717, 1.165) is 36.2 Å². The average molecular weight is 321 g/mol. The van der Waals surface area contributed by atoms with Gasteiger partial charge in [-0.05, 0) is 51.3 Å². The number of nitrogens with zero attached hydrogens (tertiary/aromatic N) is 1. The minimum atomic E-state index is -0.461. The lowest BCUT2D eigenvalue weighted by Gasteiger charge is -2.23. The summed E-state index contributed by atoms with van der Waals surface area (Å²) in [4.78, 5) is 13.7. The van der Waals surface area contributed by atoms with E-state index in [9.17, 15) is 9.90 Å². The molecule has 1 N–H and O–H groups in total. The second kappa shape index (κ2) is 10.4. The minimum Gasteiger partial charge on any atom is -0.466 e. The third kappa shape index (κ3) is 7.14. The van der Waals surface area contributed by atoms with Crippen molar-refractivity contribution < 1.29 is 14.6 Å². The van der Waals surface area contributed by atoms with Gasteiger partial charge in [0.15, 0.2) is 0 Å². The Kier molecular flexibility index (Phi) is 8.89. The summed E-state index contributed by atoms with van der Waals surface area (Å²) < 4.78 is 4.98. The largest absolute Gasteiger partial charge is 0.466 e. The van der Waals surface area contributed by atoms with E-state index in [1.807, 2.05) is 20.8 Å². The SMILES string of the molecule is CCCN(CCC(=O)OCC)CCC(O)c1cc(C)ccc1C. The average Bonchev–Trinajstić information content (AvgIpc) is 2.52. The molecule has 1 aromatic rings. The molecule has 0 amide bonds. The van der Waals surface area contributed by atoms with Crippen molar-refractivity contribution in [3.8, 4) is 0 Å². The van der Waals surface area contributed by atoms with Gasteiger partial charge in [-0.25, -0.2) is 0 Å². The molecule has 0 spiro atoms. The lowest BCUT2D eigenvalue weighted by atomic mass is 9.99. The van der Waals surface area contributed by atoms with E-state index in [1.165, 1.54) is 0 Å². The summed E-state index contributed by atoms with van der Waals surface area (Å²) >= 11 is 0. The smallest absolute Gasteiger partial charge is 0.307 e. The first kappa shape index (κ1) is 19.7. The van der Waals surface area contributed by atoms with Gasteiger partial charge in [0.05, 0.1) is 19.1 Å². The fourth-order valence-corrected chi connectivity index (χ4v) is 2.71. The van der Waals surface area contributed by atoms with Gasteiger partial charge in [0.2, 0.25) is 0 Å². The van der Waals surface area contributed by atoms with Gasteiger partial charge in [0.1, 0.15) is 0 Å². The van der Waals surface area contributed by atoms with Gasteiger partial charge < -0.3 is 14.7 Å². The standard InChI is InChI=1S/C19H31NO3/c1-5-11-20(13-10-19(22)23-6-2)12-9-18(21)17-14-15(3)7-8-16(17)4/h7-8,14,18,21H,5-6,9-13H2,1-4H3. The van der Waals surface area contributed by atoms with Gasteiger partial charge in [0.25, 0.3) is 0 Å². The molecule has 0 saturated carbocycles. The van der Waals surface area contributed by atoms with E-state index in [2.05, 4.69) is 30.0 Å². The van der Waals surface area contributed by atoms with Gasteiger partial charge in [-0.1, -0.05) is 30.7 Å². The van der Waals surface area contributed by atoms with Crippen LogP contribution in [0.3, 0.4) is 0 Å². The Morgan fingerprint density at radius 3 is 2.61 bits per heavy atom. The van der Waals surface area contributed by atoms with E-state index in [0.29, 0.717) is 26.0 Å². The number of carbonyl (C=O) groups excluding carboxylic acids is 1. The highest BCUT2D eigenvalue weighted by Crippen LogP contribution is 2.22. The molecular weight excluding hydrogens is 290 g/mol. The summed E-state index contributed by atoms with van der Waals surface area (Å²) in [6.07, 6.45) is 1.65. The summed E-state index contributed by atoms with van der Waals surface area (Å²) in [6.45, 7) is 10.8. The quantitative estimate of drug-likeness (QED) is 0.671. The van der Waals surface area contributed by atoms with E-state index in [-0.39, 0.29) is 5.97 Å². The van der Waals surface area contributed by atoms with Crippen molar-refractivity contribution in [2.75, 3.05) is 26.2 Å². The number of hydrogen-bond donors (Lipinski definition) is 1. The molecule has 0 bridgehead atoms. The predicted octanol–water partition coefficient (Wildman–Crippen LogP) is 3.39. The number of carbonyl (C=O) groups is 1. The molecule has 0 aliphatic heterocycles. The van der Waals surface area contributed by atoms with E-state index >= 15 is 0 Å². The highest BCUT2D eigenvalue weighted by molar-refractivity contribution is 5.69. The maximum Gasteiger partial charge on any atom is 0.307 e. The number of aryl methyl sites for hydroxylation is 2. The van der Waals surface area contributed by atoms with Crippen LogP contribution in [0, 0.1) is 13.8 Å². The van der Waals surface area contributed by atoms with Gasteiger partial charge in [-0.2, -0.15) is 0 Å². The molecule has 1 rings (SSSR count). The number of ether oxygens (including phenoxy) is 1. The van der Waals surface area contributed by atoms with Crippen LogP contribution in [0.15, 0.2) is 18.2 Å². The molecule has 4 nitrogen and oxygen atoms in total. The van der Waals surface area contributed by atoms with Crippen LogP contribution in [-0.4, -0.2) is 42.2 Å². The molecule has 0 aliphatic carbocycles. The fourth-order valence-electron chi connectivity index (χ4n) is 2.71. The third-order valence-corrected chi connectivity index (χ3v) is 3.99. The third-order valence-electron chi connectivity index (χ3n) is 3.99.